The summed E-state index contributed by atoms with van der Waals surface area (Å²) in [5.41, 5.74) is -0.952. The highest BCUT2D eigenvalue weighted by Gasteiger charge is 2.41. The third kappa shape index (κ3) is 4.42. The number of methoxy groups -OCH3 is 1. The lowest BCUT2D eigenvalue weighted by Gasteiger charge is -2.28. The first-order valence-corrected chi connectivity index (χ1v) is 8.88. The van der Waals surface area contributed by atoms with Crippen molar-refractivity contribution in [2.75, 3.05) is 33.4 Å². The molecule has 0 saturated heterocycles. The van der Waals surface area contributed by atoms with Crippen molar-refractivity contribution in [3.05, 3.63) is 65.7 Å². The molecule has 0 aliphatic carbocycles. The summed E-state index contributed by atoms with van der Waals surface area (Å²) in [5, 5.41) is 11.3. The van der Waals surface area contributed by atoms with Crippen LogP contribution in [0.4, 0.5) is 0 Å². The Bertz CT molecular complexity index is 683. The summed E-state index contributed by atoms with van der Waals surface area (Å²) in [5.74, 6) is -0.0277. The van der Waals surface area contributed by atoms with Crippen LogP contribution in [-0.2, 0) is 15.1 Å². The van der Waals surface area contributed by atoms with Gasteiger partial charge in [-0.15, -0.1) is 0 Å². The molecule has 0 spiro atoms. The number of benzene rings is 2. The standard InChI is InChI=1S/C21H27NO4/c1-4-22(5-2)15-16-26-20(23)21(24,17-9-7-6-8-10-17)18-11-13-19(25-3)14-12-18/h6-14,24H,4-5,15-16H2,1-3H3/t21-/m1/s1. The van der Waals surface area contributed by atoms with Gasteiger partial charge in [0.1, 0.15) is 12.4 Å². The first-order valence-electron chi connectivity index (χ1n) is 8.88. The van der Waals surface area contributed by atoms with Crippen LogP contribution < -0.4 is 4.74 Å². The Labute approximate surface area is 155 Å². The van der Waals surface area contributed by atoms with E-state index in [0.29, 0.717) is 23.4 Å². The summed E-state index contributed by atoms with van der Waals surface area (Å²) >= 11 is 0. The third-order valence-corrected chi connectivity index (χ3v) is 4.53. The number of esters is 1. The zero-order valence-corrected chi connectivity index (χ0v) is 15.6. The van der Waals surface area contributed by atoms with Crippen molar-refractivity contribution < 1.29 is 19.4 Å². The first kappa shape index (κ1) is 19.9. The van der Waals surface area contributed by atoms with Gasteiger partial charge in [-0.3, -0.25) is 0 Å². The number of likely N-dealkylation sites (N-methyl/N-ethyl adjacent to an activating group) is 1. The maximum absolute atomic E-state index is 12.9. The van der Waals surface area contributed by atoms with Gasteiger partial charge < -0.3 is 19.5 Å². The van der Waals surface area contributed by atoms with Gasteiger partial charge in [0.05, 0.1) is 7.11 Å². The van der Waals surface area contributed by atoms with E-state index in [0.717, 1.165) is 13.1 Å². The van der Waals surface area contributed by atoms with Crippen LogP contribution in [0.1, 0.15) is 25.0 Å². The number of hydrogen-bond acceptors (Lipinski definition) is 5. The topological polar surface area (TPSA) is 59.0 Å². The summed E-state index contributed by atoms with van der Waals surface area (Å²) in [6.07, 6.45) is 0. The Kier molecular flexibility index (Phi) is 7.18. The summed E-state index contributed by atoms with van der Waals surface area (Å²) in [6, 6.07) is 15.6. The minimum absolute atomic E-state index is 0.228. The molecule has 0 saturated carbocycles. The Morgan fingerprint density at radius 1 is 1.00 bits per heavy atom. The molecule has 0 amide bonds. The summed E-state index contributed by atoms with van der Waals surface area (Å²) in [6.45, 7) is 6.75. The number of nitrogens with zero attached hydrogens (tertiary/aromatic N) is 1. The Morgan fingerprint density at radius 3 is 2.12 bits per heavy atom. The van der Waals surface area contributed by atoms with Gasteiger partial charge in [0.2, 0.25) is 5.60 Å². The van der Waals surface area contributed by atoms with Crippen molar-refractivity contribution in [1.29, 1.82) is 0 Å². The maximum atomic E-state index is 12.9. The van der Waals surface area contributed by atoms with Crippen LogP contribution in [0.15, 0.2) is 54.6 Å². The van der Waals surface area contributed by atoms with Crippen molar-refractivity contribution in [2.45, 2.75) is 19.4 Å². The number of rotatable bonds is 9. The fourth-order valence-corrected chi connectivity index (χ4v) is 2.83. The average Bonchev–Trinajstić information content (AvgIpc) is 2.71. The van der Waals surface area contributed by atoms with E-state index in [-0.39, 0.29) is 6.61 Å². The molecule has 1 atom stereocenters. The van der Waals surface area contributed by atoms with Crippen LogP contribution in [0.2, 0.25) is 0 Å². The summed E-state index contributed by atoms with van der Waals surface area (Å²) < 4.78 is 10.6. The molecule has 0 radical (unpaired) electrons. The Hall–Kier alpha value is -2.37. The van der Waals surface area contributed by atoms with E-state index in [1.165, 1.54) is 0 Å². The SMILES string of the molecule is CCN(CC)CCOC(=O)[C@@](O)(c1ccccc1)c1ccc(OC)cc1. The van der Waals surface area contributed by atoms with Crippen LogP contribution in [0.3, 0.4) is 0 Å². The van der Waals surface area contributed by atoms with Crippen LogP contribution in [0.5, 0.6) is 5.75 Å². The van der Waals surface area contributed by atoms with Crippen LogP contribution in [0.25, 0.3) is 0 Å². The zero-order chi connectivity index (χ0) is 19.0. The molecule has 0 unspecified atom stereocenters. The van der Waals surface area contributed by atoms with Gasteiger partial charge in [0.25, 0.3) is 0 Å². The van der Waals surface area contributed by atoms with Crippen LogP contribution in [-0.4, -0.2) is 49.3 Å². The predicted octanol–water partition coefficient (Wildman–Crippen LogP) is 2.82. The molecule has 0 aromatic heterocycles. The van der Waals surface area contributed by atoms with E-state index < -0.39 is 11.6 Å². The predicted molar refractivity (Wildman–Crippen MR) is 101 cm³/mol. The largest absolute Gasteiger partial charge is 0.497 e. The molecular weight excluding hydrogens is 330 g/mol. The molecule has 1 N–H and O–H groups in total. The fourth-order valence-electron chi connectivity index (χ4n) is 2.83. The highest BCUT2D eigenvalue weighted by molar-refractivity contribution is 5.85. The van der Waals surface area contributed by atoms with E-state index in [1.54, 1.807) is 55.6 Å². The van der Waals surface area contributed by atoms with Crippen molar-refractivity contribution >= 4 is 5.97 Å². The lowest BCUT2D eigenvalue weighted by Crippen LogP contribution is -2.40. The summed E-state index contributed by atoms with van der Waals surface area (Å²) in [7, 11) is 1.57. The second-order valence-electron chi connectivity index (χ2n) is 5.97. The normalized spacial score (nSPS) is 13.3. The first-order chi connectivity index (χ1) is 12.6. The van der Waals surface area contributed by atoms with E-state index in [4.69, 9.17) is 9.47 Å². The molecule has 26 heavy (non-hydrogen) atoms. The van der Waals surface area contributed by atoms with Crippen molar-refractivity contribution in [1.82, 2.24) is 4.90 Å². The van der Waals surface area contributed by atoms with Gasteiger partial charge in [-0.25, -0.2) is 4.79 Å². The monoisotopic (exact) mass is 357 g/mol. The van der Waals surface area contributed by atoms with E-state index >= 15 is 0 Å². The summed E-state index contributed by atoms with van der Waals surface area (Å²) in [4.78, 5) is 15.0. The highest BCUT2D eigenvalue weighted by Crippen LogP contribution is 2.32. The van der Waals surface area contributed by atoms with Gasteiger partial charge in [-0.2, -0.15) is 0 Å². The molecule has 0 fully saturated rings. The van der Waals surface area contributed by atoms with Gasteiger partial charge in [-0.1, -0.05) is 56.3 Å². The molecule has 5 nitrogen and oxygen atoms in total. The lowest BCUT2D eigenvalue weighted by atomic mass is 9.86. The number of carbonyl (C=O) groups is 1. The number of aliphatic hydroxyl groups is 1. The van der Waals surface area contributed by atoms with Crippen LogP contribution in [0, 0.1) is 0 Å². The maximum Gasteiger partial charge on any atom is 0.347 e. The fraction of sp³-hybridized carbons (Fsp3) is 0.381. The molecule has 0 aliphatic heterocycles. The van der Waals surface area contributed by atoms with Gasteiger partial charge in [0, 0.05) is 6.54 Å². The zero-order valence-electron chi connectivity index (χ0n) is 15.6. The molecule has 0 bridgehead atoms. The second-order valence-corrected chi connectivity index (χ2v) is 5.97. The Balaban J connectivity index is 2.27. The van der Waals surface area contributed by atoms with E-state index in [2.05, 4.69) is 18.7 Å². The average molecular weight is 357 g/mol. The molecular formula is C21H27NO4. The van der Waals surface area contributed by atoms with E-state index in [9.17, 15) is 9.90 Å². The molecule has 2 aromatic carbocycles. The Morgan fingerprint density at radius 2 is 1.58 bits per heavy atom. The minimum atomic E-state index is -1.86. The van der Waals surface area contributed by atoms with E-state index in [1.807, 2.05) is 6.07 Å². The van der Waals surface area contributed by atoms with Gasteiger partial charge in [0.15, 0.2) is 0 Å². The lowest BCUT2D eigenvalue weighted by molar-refractivity contribution is -0.162. The molecule has 0 heterocycles. The molecule has 0 aliphatic rings. The molecule has 5 heteroatoms. The second kappa shape index (κ2) is 9.36. The molecule has 140 valence electrons. The van der Waals surface area contributed by atoms with Crippen molar-refractivity contribution in [2.24, 2.45) is 0 Å². The molecule has 2 rings (SSSR count). The quantitative estimate of drug-likeness (QED) is 0.700. The number of carbonyl (C=O) groups excluding carboxylic acids is 1. The third-order valence-electron chi connectivity index (χ3n) is 4.53. The smallest absolute Gasteiger partial charge is 0.347 e. The van der Waals surface area contributed by atoms with Gasteiger partial charge >= 0.3 is 5.97 Å². The minimum Gasteiger partial charge on any atom is -0.497 e. The highest BCUT2D eigenvalue weighted by atomic mass is 16.5. The van der Waals surface area contributed by atoms with Gasteiger partial charge in [-0.05, 0) is 36.3 Å². The number of ether oxygens (including phenoxy) is 2. The van der Waals surface area contributed by atoms with Crippen molar-refractivity contribution in [3.8, 4) is 5.75 Å². The van der Waals surface area contributed by atoms with Crippen LogP contribution >= 0.6 is 0 Å². The number of hydrogen-bond donors (Lipinski definition) is 1. The molecule has 2 aromatic rings. The van der Waals surface area contributed by atoms with Crippen molar-refractivity contribution in [3.63, 3.8) is 0 Å².